The maximum atomic E-state index is 12.1. The van der Waals surface area contributed by atoms with E-state index < -0.39 is 5.54 Å². The fourth-order valence-electron chi connectivity index (χ4n) is 1.97. The Kier molecular flexibility index (Phi) is 5.22. The van der Waals surface area contributed by atoms with Crippen molar-refractivity contribution < 1.29 is 9.53 Å². The van der Waals surface area contributed by atoms with E-state index in [4.69, 9.17) is 4.74 Å². The van der Waals surface area contributed by atoms with Crippen LogP contribution in [0.5, 0.6) is 0 Å². The van der Waals surface area contributed by atoms with E-state index in [2.05, 4.69) is 10.6 Å². The van der Waals surface area contributed by atoms with Gasteiger partial charge >= 0.3 is 0 Å². The van der Waals surface area contributed by atoms with Crippen LogP contribution in [0.2, 0.25) is 0 Å². The van der Waals surface area contributed by atoms with Crippen LogP contribution in [0.3, 0.4) is 0 Å². The zero-order chi connectivity index (χ0) is 12.0. The summed E-state index contributed by atoms with van der Waals surface area (Å²) >= 11 is 0. The Morgan fingerprint density at radius 2 is 2.31 bits per heavy atom. The lowest BCUT2D eigenvalue weighted by molar-refractivity contribution is -0.129. The standard InChI is InChI=1S/C12H24N2O2/c1-4-16-9-10(2)14-11(15)12(3)7-5-6-8-13-12/h10,13H,4-9H2,1-3H3,(H,14,15). The largest absolute Gasteiger partial charge is 0.380 e. The summed E-state index contributed by atoms with van der Waals surface area (Å²) in [6, 6.07) is 0.0769. The maximum Gasteiger partial charge on any atom is 0.240 e. The van der Waals surface area contributed by atoms with E-state index in [0.29, 0.717) is 13.2 Å². The molecule has 0 spiro atoms. The Labute approximate surface area is 98.1 Å². The number of carbonyl (C=O) groups excluding carboxylic acids is 1. The van der Waals surface area contributed by atoms with Gasteiger partial charge in [0, 0.05) is 12.6 Å². The number of amides is 1. The highest BCUT2D eigenvalue weighted by Crippen LogP contribution is 2.18. The molecule has 1 aliphatic heterocycles. The average Bonchev–Trinajstić information content (AvgIpc) is 2.27. The van der Waals surface area contributed by atoms with Gasteiger partial charge in [0.1, 0.15) is 0 Å². The molecule has 1 fully saturated rings. The van der Waals surface area contributed by atoms with Crippen molar-refractivity contribution in [1.29, 1.82) is 0 Å². The van der Waals surface area contributed by atoms with E-state index in [9.17, 15) is 4.79 Å². The van der Waals surface area contributed by atoms with Gasteiger partial charge in [-0.05, 0) is 46.6 Å². The third kappa shape index (κ3) is 3.76. The van der Waals surface area contributed by atoms with Crippen LogP contribution < -0.4 is 10.6 Å². The molecule has 94 valence electrons. The maximum absolute atomic E-state index is 12.1. The molecule has 0 saturated carbocycles. The predicted octanol–water partition coefficient (Wildman–Crippen LogP) is 1.06. The molecule has 0 aromatic rings. The minimum atomic E-state index is -0.390. The van der Waals surface area contributed by atoms with E-state index in [1.54, 1.807) is 0 Å². The molecule has 0 aliphatic carbocycles. The van der Waals surface area contributed by atoms with Crippen LogP contribution in [0, 0.1) is 0 Å². The Morgan fingerprint density at radius 3 is 2.88 bits per heavy atom. The van der Waals surface area contributed by atoms with E-state index in [-0.39, 0.29) is 11.9 Å². The molecule has 1 rings (SSSR count). The van der Waals surface area contributed by atoms with Gasteiger partial charge in [0.05, 0.1) is 12.1 Å². The van der Waals surface area contributed by atoms with Crippen LogP contribution in [0.4, 0.5) is 0 Å². The molecular formula is C12H24N2O2. The number of nitrogens with one attached hydrogen (secondary N) is 2. The van der Waals surface area contributed by atoms with E-state index in [0.717, 1.165) is 25.8 Å². The minimum absolute atomic E-state index is 0.0769. The Hall–Kier alpha value is -0.610. The monoisotopic (exact) mass is 228 g/mol. The van der Waals surface area contributed by atoms with Crippen molar-refractivity contribution in [1.82, 2.24) is 10.6 Å². The van der Waals surface area contributed by atoms with E-state index in [1.807, 2.05) is 20.8 Å². The molecule has 0 aromatic heterocycles. The second kappa shape index (κ2) is 6.21. The first-order valence-corrected chi connectivity index (χ1v) is 6.22. The molecule has 2 atom stereocenters. The van der Waals surface area contributed by atoms with Crippen molar-refractivity contribution in [2.75, 3.05) is 19.8 Å². The fourth-order valence-corrected chi connectivity index (χ4v) is 1.97. The van der Waals surface area contributed by atoms with Crippen LogP contribution >= 0.6 is 0 Å². The summed E-state index contributed by atoms with van der Waals surface area (Å²) in [4.78, 5) is 12.1. The normalized spacial score (nSPS) is 27.4. The van der Waals surface area contributed by atoms with Gasteiger partial charge in [0.15, 0.2) is 0 Å². The zero-order valence-electron chi connectivity index (χ0n) is 10.6. The van der Waals surface area contributed by atoms with Crippen LogP contribution in [-0.2, 0) is 9.53 Å². The second-order valence-corrected chi connectivity index (χ2v) is 4.75. The first-order chi connectivity index (χ1) is 7.58. The van der Waals surface area contributed by atoms with Crippen molar-refractivity contribution in [2.45, 2.75) is 51.6 Å². The third-order valence-electron chi connectivity index (χ3n) is 3.07. The molecule has 4 nitrogen and oxygen atoms in total. The quantitative estimate of drug-likeness (QED) is 0.740. The van der Waals surface area contributed by atoms with Gasteiger partial charge < -0.3 is 15.4 Å². The molecular weight excluding hydrogens is 204 g/mol. The molecule has 1 amide bonds. The number of ether oxygens (including phenoxy) is 1. The third-order valence-corrected chi connectivity index (χ3v) is 3.07. The summed E-state index contributed by atoms with van der Waals surface area (Å²) in [5.41, 5.74) is -0.390. The lowest BCUT2D eigenvalue weighted by Crippen LogP contribution is -2.58. The van der Waals surface area contributed by atoms with Crippen LogP contribution in [0.1, 0.15) is 40.0 Å². The molecule has 0 aromatic carbocycles. The van der Waals surface area contributed by atoms with Crippen molar-refractivity contribution in [3.63, 3.8) is 0 Å². The topological polar surface area (TPSA) is 50.4 Å². The number of hydrogen-bond acceptors (Lipinski definition) is 3. The first-order valence-electron chi connectivity index (χ1n) is 6.22. The highest BCUT2D eigenvalue weighted by Gasteiger charge is 2.34. The number of piperidine rings is 1. The Balaban J connectivity index is 2.38. The molecule has 2 unspecified atom stereocenters. The lowest BCUT2D eigenvalue weighted by atomic mass is 9.90. The van der Waals surface area contributed by atoms with Gasteiger partial charge in [-0.3, -0.25) is 4.79 Å². The van der Waals surface area contributed by atoms with Gasteiger partial charge in [-0.1, -0.05) is 0 Å². The van der Waals surface area contributed by atoms with Gasteiger partial charge in [-0.15, -0.1) is 0 Å². The second-order valence-electron chi connectivity index (χ2n) is 4.75. The van der Waals surface area contributed by atoms with Gasteiger partial charge in [-0.25, -0.2) is 0 Å². The Bertz CT molecular complexity index is 225. The average molecular weight is 228 g/mol. The molecule has 4 heteroatoms. The van der Waals surface area contributed by atoms with E-state index >= 15 is 0 Å². The first kappa shape index (κ1) is 13.5. The molecule has 1 saturated heterocycles. The van der Waals surface area contributed by atoms with Crippen molar-refractivity contribution in [3.8, 4) is 0 Å². The molecule has 1 aliphatic rings. The number of rotatable bonds is 5. The smallest absolute Gasteiger partial charge is 0.240 e. The zero-order valence-corrected chi connectivity index (χ0v) is 10.6. The fraction of sp³-hybridized carbons (Fsp3) is 0.917. The summed E-state index contributed by atoms with van der Waals surface area (Å²) in [6.07, 6.45) is 3.20. The van der Waals surface area contributed by atoms with Crippen molar-refractivity contribution >= 4 is 5.91 Å². The molecule has 1 heterocycles. The van der Waals surface area contributed by atoms with Crippen LogP contribution in [-0.4, -0.2) is 37.2 Å². The number of hydrogen-bond donors (Lipinski definition) is 2. The molecule has 2 N–H and O–H groups in total. The summed E-state index contributed by atoms with van der Waals surface area (Å²) in [6.45, 7) is 8.12. The van der Waals surface area contributed by atoms with Crippen LogP contribution in [0.15, 0.2) is 0 Å². The SMILES string of the molecule is CCOCC(C)NC(=O)C1(C)CCCCN1. The van der Waals surface area contributed by atoms with E-state index in [1.165, 1.54) is 0 Å². The molecule has 0 radical (unpaired) electrons. The molecule has 0 bridgehead atoms. The number of carbonyl (C=O) groups is 1. The van der Waals surface area contributed by atoms with Gasteiger partial charge in [-0.2, -0.15) is 0 Å². The van der Waals surface area contributed by atoms with Crippen molar-refractivity contribution in [2.24, 2.45) is 0 Å². The summed E-state index contributed by atoms with van der Waals surface area (Å²) in [7, 11) is 0. The summed E-state index contributed by atoms with van der Waals surface area (Å²) in [5.74, 6) is 0.0967. The van der Waals surface area contributed by atoms with Crippen molar-refractivity contribution in [3.05, 3.63) is 0 Å². The molecule has 16 heavy (non-hydrogen) atoms. The van der Waals surface area contributed by atoms with Gasteiger partial charge in [0.25, 0.3) is 0 Å². The predicted molar refractivity (Wildman–Crippen MR) is 64.4 cm³/mol. The van der Waals surface area contributed by atoms with Crippen LogP contribution in [0.25, 0.3) is 0 Å². The highest BCUT2D eigenvalue weighted by atomic mass is 16.5. The highest BCUT2D eigenvalue weighted by molar-refractivity contribution is 5.86. The lowest BCUT2D eigenvalue weighted by Gasteiger charge is -2.34. The summed E-state index contributed by atoms with van der Waals surface area (Å²) < 4.78 is 5.28. The Morgan fingerprint density at radius 1 is 1.56 bits per heavy atom. The minimum Gasteiger partial charge on any atom is -0.380 e. The van der Waals surface area contributed by atoms with Gasteiger partial charge in [0.2, 0.25) is 5.91 Å². The summed E-state index contributed by atoms with van der Waals surface area (Å²) in [5, 5.41) is 6.30.